The van der Waals surface area contributed by atoms with Crippen LogP contribution in [0.3, 0.4) is 0 Å². The van der Waals surface area contributed by atoms with Gasteiger partial charge in [-0.25, -0.2) is 4.79 Å². The van der Waals surface area contributed by atoms with Crippen molar-refractivity contribution in [3.8, 4) is 5.75 Å². The fourth-order valence-corrected chi connectivity index (χ4v) is 2.28. The molecule has 0 spiro atoms. The molecular formula is C16H24BrNO3. The third-order valence-corrected chi connectivity index (χ3v) is 3.50. The molecule has 21 heavy (non-hydrogen) atoms. The van der Waals surface area contributed by atoms with Crippen LogP contribution in [0.2, 0.25) is 0 Å². The van der Waals surface area contributed by atoms with Crippen LogP contribution in [0.1, 0.15) is 40.2 Å². The molecule has 0 saturated heterocycles. The van der Waals surface area contributed by atoms with E-state index >= 15 is 0 Å². The van der Waals surface area contributed by atoms with Gasteiger partial charge in [-0.1, -0.05) is 22.0 Å². The minimum absolute atomic E-state index is 0.316. The maximum absolute atomic E-state index is 12.2. The first-order valence-electron chi connectivity index (χ1n) is 7.16. The van der Waals surface area contributed by atoms with Crippen LogP contribution in [0.4, 0.5) is 4.79 Å². The first-order chi connectivity index (χ1) is 9.78. The number of hydrogen-bond acceptors (Lipinski definition) is 3. The van der Waals surface area contributed by atoms with E-state index in [9.17, 15) is 4.79 Å². The molecule has 0 bridgehead atoms. The van der Waals surface area contributed by atoms with Crippen molar-refractivity contribution < 1.29 is 14.3 Å². The maximum Gasteiger partial charge on any atom is 0.410 e. The Morgan fingerprint density at radius 2 is 1.95 bits per heavy atom. The average Bonchev–Trinajstić information content (AvgIpc) is 2.36. The van der Waals surface area contributed by atoms with Crippen molar-refractivity contribution in [2.75, 3.05) is 13.2 Å². The Labute approximate surface area is 135 Å². The van der Waals surface area contributed by atoms with Crippen LogP contribution in [0.25, 0.3) is 0 Å². The van der Waals surface area contributed by atoms with E-state index in [0.717, 1.165) is 15.8 Å². The van der Waals surface area contributed by atoms with Crippen LogP contribution in [0, 0.1) is 0 Å². The number of benzene rings is 1. The number of nitrogens with zero attached hydrogens (tertiary/aromatic N) is 1. The third kappa shape index (κ3) is 5.58. The normalized spacial score (nSPS) is 11.1. The monoisotopic (exact) mass is 357 g/mol. The summed E-state index contributed by atoms with van der Waals surface area (Å²) in [6.07, 6.45) is -0.316. The van der Waals surface area contributed by atoms with Crippen molar-refractivity contribution in [3.05, 3.63) is 28.2 Å². The van der Waals surface area contributed by atoms with Crippen molar-refractivity contribution in [1.82, 2.24) is 4.90 Å². The van der Waals surface area contributed by atoms with E-state index in [1.165, 1.54) is 0 Å². The maximum atomic E-state index is 12.2. The summed E-state index contributed by atoms with van der Waals surface area (Å²) in [7, 11) is 0. The smallest absolute Gasteiger partial charge is 0.410 e. The van der Waals surface area contributed by atoms with Gasteiger partial charge in [0.15, 0.2) is 0 Å². The van der Waals surface area contributed by atoms with E-state index in [1.807, 2.05) is 52.8 Å². The second kappa shape index (κ2) is 7.69. The third-order valence-electron chi connectivity index (χ3n) is 2.76. The summed E-state index contributed by atoms with van der Waals surface area (Å²) in [4.78, 5) is 13.9. The van der Waals surface area contributed by atoms with E-state index in [0.29, 0.717) is 19.7 Å². The van der Waals surface area contributed by atoms with Crippen LogP contribution in [-0.2, 0) is 11.3 Å². The Morgan fingerprint density at radius 3 is 2.48 bits per heavy atom. The molecule has 0 saturated carbocycles. The molecule has 0 heterocycles. The standard InChI is InChI=1S/C16H24BrNO3/c1-6-18(15(19)21-16(3,4)5)11-12-13(17)9-8-10-14(12)20-7-2/h8-10H,6-7,11H2,1-5H3. The van der Waals surface area contributed by atoms with Crippen molar-refractivity contribution in [1.29, 1.82) is 0 Å². The molecule has 0 aliphatic carbocycles. The van der Waals surface area contributed by atoms with Gasteiger partial charge in [0, 0.05) is 16.6 Å². The van der Waals surface area contributed by atoms with Crippen molar-refractivity contribution >= 4 is 22.0 Å². The summed E-state index contributed by atoms with van der Waals surface area (Å²) >= 11 is 3.53. The second-order valence-corrected chi connectivity index (χ2v) is 6.50. The number of carbonyl (C=O) groups is 1. The lowest BCUT2D eigenvalue weighted by molar-refractivity contribution is 0.0243. The minimum Gasteiger partial charge on any atom is -0.493 e. The molecule has 0 N–H and O–H groups in total. The highest BCUT2D eigenvalue weighted by molar-refractivity contribution is 9.10. The predicted molar refractivity (Wildman–Crippen MR) is 87.6 cm³/mol. The Bertz CT molecular complexity index is 483. The number of amides is 1. The number of hydrogen-bond donors (Lipinski definition) is 0. The Hall–Kier alpha value is -1.23. The molecule has 0 aliphatic rings. The second-order valence-electron chi connectivity index (χ2n) is 5.64. The Morgan fingerprint density at radius 1 is 1.29 bits per heavy atom. The molecule has 118 valence electrons. The molecular weight excluding hydrogens is 334 g/mol. The van der Waals surface area contributed by atoms with Crippen LogP contribution in [0.5, 0.6) is 5.75 Å². The van der Waals surface area contributed by atoms with Gasteiger partial charge in [-0.3, -0.25) is 0 Å². The van der Waals surface area contributed by atoms with Gasteiger partial charge in [0.05, 0.1) is 13.2 Å². The predicted octanol–water partition coefficient (Wildman–Crippen LogP) is 4.60. The van der Waals surface area contributed by atoms with Crippen molar-refractivity contribution in [2.45, 2.75) is 46.8 Å². The van der Waals surface area contributed by atoms with E-state index in [2.05, 4.69) is 15.9 Å². The lowest BCUT2D eigenvalue weighted by Gasteiger charge is -2.27. The van der Waals surface area contributed by atoms with Gasteiger partial charge in [0.2, 0.25) is 0 Å². The van der Waals surface area contributed by atoms with Gasteiger partial charge in [0.1, 0.15) is 11.4 Å². The molecule has 0 aromatic heterocycles. The summed E-state index contributed by atoms with van der Waals surface area (Å²) in [6.45, 7) is 11.1. The van der Waals surface area contributed by atoms with Gasteiger partial charge < -0.3 is 14.4 Å². The first-order valence-corrected chi connectivity index (χ1v) is 7.95. The fourth-order valence-electron chi connectivity index (χ4n) is 1.81. The van der Waals surface area contributed by atoms with E-state index in [1.54, 1.807) is 4.90 Å². The molecule has 0 radical (unpaired) electrons. The van der Waals surface area contributed by atoms with Gasteiger partial charge >= 0.3 is 6.09 Å². The Balaban J connectivity index is 2.94. The molecule has 0 atom stereocenters. The zero-order chi connectivity index (χ0) is 16.0. The van der Waals surface area contributed by atoms with E-state index in [-0.39, 0.29) is 6.09 Å². The zero-order valence-electron chi connectivity index (χ0n) is 13.4. The fraction of sp³-hybridized carbons (Fsp3) is 0.562. The van der Waals surface area contributed by atoms with Crippen molar-refractivity contribution in [3.63, 3.8) is 0 Å². The van der Waals surface area contributed by atoms with Gasteiger partial charge in [-0.2, -0.15) is 0 Å². The van der Waals surface area contributed by atoms with Gasteiger partial charge in [-0.05, 0) is 46.8 Å². The highest BCUT2D eigenvalue weighted by atomic mass is 79.9. The van der Waals surface area contributed by atoms with Crippen molar-refractivity contribution in [2.24, 2.45) is 0 Å². The lowest BCUT2D eigenvalue weighted by atomic mass is 10.2. The van der Waals surface area contributed by atoms with Crippen LogP contribution in [0.15, 0.2) is 22.7 Å². The number of ether oxygens (including phenoxy) is 2. The summed E-state index contributed by atoms with van der Waals surface area (Å²) < 4.78 is 12.0. The first kappa shape index (κ1) is 17.8. The highest BCUT2D eigenvalue weighted by Crippen LogP contribution is 2.28. The summed E-state index contributed by atoms with van der Waals surface area (Å²) in [6, 6.07) is 5.77. The summed E-state index contributed by atoms with van der Waals surface area (Å²) in [5, 5.41) is 0. The SMILES string of the molecule is CCOc1cccc(Br)c1CN(CC)C(=O)OC(C)(C)C. The zero-order valence-corrected chi connectivity index (χ0v) is 15.0. The largest absolute Gasteiger partial charge is 0.493 e. The molecule has 1 amide bonds. The molecule has 5 heteroatoms. The molecule has 1 rings (SSSR count). The van der Waals surface area contributed by atoms with E-state index < -0.39 is 5.60 Å². The molecule has 4 nitrogen and oxygen atoms in total. The molecule has 0 fully saturated rings. The number of carbonyl (C=O) groups excluding carboxylic acids is 1. The summed E-state index contributed by atoms with van der Waals surface area (Å²) in [5.74, 6) is 0.786. The molecule has 0 aliphatic heterocycles. The number of rotatable bonds is 5. The van der Waals surface area contributed by atoms with Crippen LogP contribution < -0.4 is 4.74 Å². The molecule has 1 aromatic rings. The van der Waals surface area contributed by atoms with Gasteiger partial charge in [0.25, 0.3) is 0 Å². The van der Waals surface area contributed by atoms with Crippen LogP contribution in [-0.4, -0.2) is 29.7 Å². The average molecular weight is 358 g/mol. The topological polar surface area (TPSA) is 38.8 Å². The Kier molecular flexibility index (Phi) is 6.52. The van der Waals surface area contributed by atoms with Crippen LogP contribution >= 0.6 is 15.9 Å². The molecule has 0 unspecified atom stereocenters. The minimum atomic E-state index is -0.499. The summed E-state index contributed by atoms with van der Waals surface area (Å²) in [5.41, 5.74) is 0.452. The van der Waals surface area contributed by atoms with Gasteiger partial charge in [-0.15, -0.1) is 0 Å². The quantitative estimate of drug-likeness (QED) is 0.772. The van der Waals surface area contributed by atoms with E-state index in [4.69, 9.17) is 9.47 Å². The highest BCUT2D eigenvalue weighted by Gasteiger charge is 2.22. The lowest BCUT2D eigenvalue weighted by Crippen LogP contribution is -2.36. The number of halogens is 1. The molecule has 1 aromatic carbocycles.